The number of hydrogen-bond donors (Lipinski definition) is 1. The second kappa shape index (κ2) is 10.6. The van der Waals surface area contributed by atoms with E-state index in [2.05, 4.69) is 54.2 Å². The van der Waals surface area contributed by atoms with Gasteiger partial charge in [-0.05, 0) is 38.4 Å². The number of nitrogens with one attached hydrogen (secondary N) is 1. The fraction of sp³-hybridized carbons (Fsp3) is 0.636. The lowest BCUT2D eigenvalue weighted by Gasteiger charge is -2.08. The number of nitrogens with zero attached hydrogens (tertiary/aromatic N) is 1. The highest BCUT2D eigenvalue weighted by Crippen LogP contribution is 2.23. The zero-order valence-corrected chi connectivity index (χ0v) is 16.0. The molecule has 0 spiro atoms. The molecule has 1 unspecified atom stereocenters. The zero-order valence-electron chi connectivity index (χ0n) is 16.0. The van der Waals surface area contributed by atoms with Crippen molar-refractivity contribution in [1.82, 2.24) is 9.88 Å². The van der Waals surface area contributed by atoms with Crippen molar-refractivity contribution < 1.29 is 0 Å². The SMILES string of the molecule is CCCCCCCCCCn1cc(CC(C)NC)c2ccccc21. The third-order valence-electron chi connectivity index (χ3n) is 5.14. The summed E-state index contributed by atoms with van der Waals surface area (Å²) in [7, 11) is 2.05. The van der Waals surface area contributed by atoms with E-state index < -0.39 is 0 Å². The Hall–Kier alpha value is -1.28. The monoisotopic (exact) mass is 328 g/mol. The summed E-state index contributed by atoms with van der Waals surface area (Å²) < 4.78 is 2.48. The molecule has 0 fully saturated rings. The topological polar surface area (TPSA) is 17.0 Å². The Morgan fingerprint density at radius 2 is 1.62 bits per heavy atom. The van der Waals surface area contributed by atoms with E-state index in [1.807, 2.05) is 7.05 Å². The Kier molecular flexibility index (Phi) is 8.38. The van der Waals surface area contributed by atoms with Gasteiger partial charge < -0.3 is 9.88 Å². The van der Waals surface area contributed by atoms with Crippen LogP contribution in [0, 0.1) is 0 Å². The molecule has 1 atom stereocenters. The fourth-order valence-corrected chi connectivity index (χ4v) is 3.52. The van der Waals surface area contributed by atoms with Crippen LogP contribution in [0.1, 0.15) is 70.8 Å². The van der Waals surface area contributed by atoms with Crippen molar-refractivity contribution in [3.8, 4) is 0 Å². The maximum absolute atomic E-state index is 3.36. The van der Waals surface area contributed by atoms with Crippen molar-refractivity contribution in [2.45, 2.75) is 84.2 Å². The number of hydrogen-bond acceptors (Lipinski definition) is 1. The first-order chi connectivity index (χ1) is 11.8. The van der Waals surface area contributed by atoms with Crippen LogP contribution in [-0.4, -0.2) is 17.7 Å². The number of benzene rings is 1. The van der Waals surface area contributed by atoms with Crippen molar-refractivity contribution in [3.05, 3.63) is 36.0 Å². The molecule has 0 bridgehead atoms. The number of rotatable bonds is 12. The third kappa shape index (κ3) is 5.66. The second-order valence-corrected chi connectivity index (χ2v) is 7.23. The van der Waals surface area contributed by atoms with Crippen LogP contribution in [0.5, 0.6) is 0 Å². The molecule has 0 radical (unpaired) electrons. The number of fused-ring (bicyclic) bond motifs is 1. The molecule has 1 aromatic carbocycles. The Bertz CT molecular complexity index is 585. The number of aromatic nitrogens is 1. The Morgan fingerprint density at radius 3 is 2.33 bits per heavy atom. The average Bonchev–Trinajstić information content (AvgIpc) is 2.95. The van der Waals surface area contributed by atoms with Crippen molar-refractivity contribution >= 4 is 10.9 Å². The van der Waals surface area contributed by atoms with E-state index in [1.54, 1.807) is 0 Å². The second-order valence-electron chi connectivity index (χ2n) is 7.23. The van der Waals surface area contributed by atoms with E-state index in [0.717, 1.165) is 13.0 Å². The number of para-hydroxylation sites is 1. The van der Waals surface area contributed by atoms with Gasteiger partial charge in [0, 0.05) is 29.7 Å². The van der Waals surface area contributed by atoms with Gasteiger partial charge in [0.15, 0.2) is 0 Å². The minimum atomic E-state index is 0.521. The first-order valence-corrected chi connectivity index (χ1v) is 10.00. The van der Waals surface area contributed by atoms with Gasteiger partial charge in [-0.25, -0.2) is 0 Å². The van der Waals surface area contributed by atoms with Crippen LogP contribution < -0.4 is 5.32 Å². The smallest absolute Gasteiger partial charge is 0.0483 e. The van der Waals surface area contributed by atoms with Gasteiger partial charge in [0.2, 0.25) is 0 Å². The van der Waals surface area contributed by atoms with Gasteiger partial charge in [0.25, 0.3) is 0 Å². The summed E-state index contributed by atoms with van der Waals surface area (Å²) in [4.78, 5) is 0. The first kappa shape index (κ1) is 19.1. The summed E-state index contributed by atoms with van der Waals surface area (Å²) in [6.45, 7) is 5.70. The Labute approximate surface area is 148 Å². The molecular weight excluding hydrogens is 292 g/mol. The molecule has 0 amide bonds. The molecule has 1 N–H and O–H groups in total. The summed E-state index contributed by atoms with van der Waals surface area (Å²) in [5.41, 5.74) is 2.88. The predicted molar refractivity (Wildman–Crippen MR) is 107 cm³/mol. The molecular formula is C22H36N2. The van der Waals surface area contributed by atoms with Crippen LogP contribution in [0.3, 0.4) is 0 Å². The Morgan fingerprint density at radius 1 is 0.958 bits per heavy atom. The maximum Gasteiger partial charge on any atom is 0.0483 e. The van der Waals surface area contributed by atoms with Gasteiger partial charge in [-0.15, -0.1) is 0 Å². The highest BCUT2D eigenvalue weighted by molar-refractivity contribution is 5.84. The summed E-state index contributed by atoms with van der Waals surface area (Å²) in [6, 6.07) is 9.39. The van der Waals surface area contributed by atoms with E-state index in [0.29, 0.717) is 6.04 Å². The van der Waals surface area contributed by atoms with E-state index in [1.165, 1.54) is 67.8 Å². The minimum Gasteiger partial charge on any atom is -0.347 e. The lowest BCUT2D eigenvalue weighted by molar-refractivity contribution is 0.548. The van der Waals surface area contributed by atoms with Crippen LogP contribution >= 0.6 is 0 Å². The molecule has 2 nitrogen and oxygen atoms in total. The van der Waals surface area contributed by atoms with Crippen molar-refractivity contribution in [2.75, 3.05) is 7.05 Å². The van der Waals surface area contributed by atoms with E-state index >= 15 is 0 Å². The maximum atomic E-state index is 3.36. The van der Waals surface area contributed by atoms with Gasteiger partial charge in [0.05, 0.1) is 0 Å². The van der Waals surface area contributed by atoms with Crippen LogP contribution in [0.4, 0.5) is 0 Å². The quantitative estimate of drug-likeness (QED) is 0.478. The van der Waals surface area contributed by atoms with Gasteiger partial charge >= 0.3 is 0 Å². The lowest BCUT2D eigenvalue weighted by Crippen LogP contribution is -2.23. The minimum absolute atomic E-state index is 0.521. The Balaban J connectivity index is 1.85. The number of unbranched alkanes of at least 4 members (excludes halogenated alkanes) is 7. The van der Waals surface area contributed by atoms with Crippen molar-refractivity contribution in [3.63, 3.8) is 0 Å². The predicted octanol–water partition coefficient (Wildman–Crippen LogP) is 5.93. The van der Waals surface area contributed by atoms with Gasteiger partial charge in [0.1, 0.15) is 0 Å². The third-order valence-corrected chi connectivity index (χ3v) is 5.14. The van der Waals surface area contributed by atoms with Crippen LogP contribution in [0.15, 0.2) is 30.5 Å². The van der Waals surface area contributed by atoms with E-state index in [9.17, 15) is 0 Å². The molecule has 0 saturated carbocycles. The standard InChI is InChI=1S/C22H36N2/c1-4-5-6-7-8-9-10-13-16-24-18-20(17-19(2)23-3)21-14-11-12-15-22(21)24/h11-12,14-15,18-19,23H,4-10,13,16-17H2,1-3H3. The van der Waals surface area contributed by atoms with Gasteiger partial charge in [-0.2, -0.15) is 0 Å². The fourth-order valence-electron chi connectivity index (χ4n) is 3.52. The molecule has 0 saturated heterocycles. The lowest BCUT2D eigenvalue weighted by atomic mass is 10.1. The molecule has 1 heterocycles. The molecule has 2 heteroatoms. The molecule has 1 aromatic heterocycles. The zero-order chi connectivity index (χ0) is 17.2. The summed E-state index contributed by atoms with van der Waals surface area (Å²) in [6.07, 6.45) is 14.6. The van der Waals surface area contributed by atoms with Crippen LogP contribution in [0.2, 0.25) is 0 Å². The van der Waals surface area contributed by atoms with Crippen LogP contribution in [-0.2, 0) is 13.0 Å². The molecule has 0 aliphatic rings. The largest absolute Gasteiger partial charge is 0.347 e. The molecule has 24 heavy (non-hydrogen) atoms. The van der Waals surface area contributed by atoms with Crippen molar-refractivity contribution in [1.29, 1.82) is 0 Å². The number of aryl methyl sites for hydroxylation is 1. The summed E-state index contributed by atoms with van der Waals surface area (Å²) >= 11 is 0. The van der Waals surface area contributed by atoms with Gasteiger partial charge in [-0.3, -0.25) is 0 Å². The highest BCUT2D eigenvalue weighted by Gasteiger charge is 2.10. The average molecular weight is 329 g/mol. The van der Waals surface area contributed by atoms with E-state index in [-0.39, 0.29) is 0 Å². The molecule has 134 valence electrons. The molecule has 0 aliphatic carbocycles. The molecule has 2 aromatic rings. The summed E-state index contributed by atoms with van der Waals surface area (Å²) in [5.74, 6) is 0. The highest BCUT2D eigenvalue weighted by atomic mass is 15.0. The van der Waals surface area contributed by atoms with Crippen LogP contribution in [0.25, 0.3) is 10.9 Å². The van der Waals surface area contributed by atoms with Gasteiger partial charge in [-0.1, -0.05) is 70.1 Å². The normalized spacial score (nSPS) is 12.8. The number of likely N-dealkylation sites (N-methyl/N-ethyl adjacent to an activating group) is 1. The first-order valence-electron chi connectivity index (χ1n) is 10.00. The molecule has 2 rings (SSSR count). The summed E-state index contributed by atoms with van der Waals surface area (Å²) in [5, 5.41) is 4.79. The van der Waals surface area contributed by atoms with E-state index in [4.69, 9.17) is 0 Å². The van der Waals surface area contributed by atoms with Crippen molar-refractivity contribution in [2.24, 2.45) is 0 Å². The molecule has 0 aliphatic heterocycles.